The monoisotopic (exact) mass is 351 g/mol. The molecule has 1 atom stereocenters. The third kappa shape index (κ3) is 10.1. The van der Waals surface area contributed by atoms with E-state index in [9.17, 15) is 4.79 Å². The van der Waals surface area contributed by atoms with Crippen molar-refractivity contribution in [2.24, 2.45) is 5.92 Å². The van der Waals surface area contributed by atoms with E-state index in [1.54, 1.807) is 6.92 Å². The second-order valence-corrected chi connectivity index (χ2v) is 7.81. The molecule has 0 aliphatic carbocycles. The Kier molecular flexibility index (Phi) is 13.6. The maximum absolute atomic E-state index is 11.6. The molecule has 7 nitrogen and oxygen atoms in total. The Labute approximate surface area is 141 Å². The van der Waals surface area contributed by atoms with Gasteiger partial charge < -0.3 is 28.4 Å². The summed E-state index contributed by atoms with van der Waals surface area (Å²) in [6, 6.07) is 0.749. The zero-order valence-corrected chi connectivity index (χ0v) is 15.9. The van der Waals surface area contributed by atoms with Gasteiger partial charge in [0.15, 0.2) is 0 Å². The molecule has 0 fully saturated rings. The summed E-state index contributed by atoms with van der Waals surface area (Å²) in [5.41, 5.74) is 0. The summed E-state index contributed by atoms with van der Waals surface area (Å²) < 4.78 is 22.2. The molecule has 0 aromatic rings. The minimum atomic E-state index is -2.57. The molecule has 0 radical (unpaired) electrons. The van der Waals surface area contributed by atoms with Crippen LogP contribution in [-0.2, 0) is 22.8 Å². The zero-order chi connectivity index (χ0) is 17.6. The average molecular weight is 352 g/mol. The number of carbonyl (C=O) groups is 1. The van der Waals surface area contributed by atoms with Crippen molar-refractivity contribution in [3.05, 3.63) is 0 Å². The lowest BCUT2D eigenvalue weighted by Gasteiger charge is -2.28. The van der Waals surface area contributed by atoms with Gasteiger partial charge >= 0.3 is 14.8 Å². The summed E-state index contributed by atoms with van der Waals surface area (Å²) in [4.78, 5) is 11.6. The standard InChI is InChI=1S/C15H33NO6Si/c1-5-20-23(21-6-2,22-7-3)12-8-9-16-13-14(4)15(18)19-11-10-17/h14,16-17H,5-13H2,1-4H3. The molecular formula is C15H33NO6Si. The number of esters is 1. The first-order valence-electron chi connectivity index (χ1n) is 8.45. The number of aliphatic hydroxyl groups is 1. The highest BCUT2D eigenvalue weighted by Gasteiger charge is 2.39. The zero-order valence-electron chi connectivity index (χ0n) is 14.9. The van der Waals surface area contributed by atoms with Gasteiger partial charge in [0.25, 0.3) is 0 Å². The van der Waals surface area contributed by atoms with Crippen molar-refractivity contribution in [2.75, 3.05) is 46.1 Å². The summed E-state index contributed by atoms with van der Waals surface area (Å²) in [5, 5.41) is 11.9. The molecule has 0 spiro atoms. The van der Waals surface area contributed by atoms with Gasteiger partial charge in [-0.3, -0.25) is 4.79 Å². The molecule has 8 heteroatoms. The van der Waals surface area contributed by atoms with Crippen LogP contribution in [0.3, 0.4) is 0 Å². The third-order valence-corrected chi connectivity index (χ3v) is 6.27. The number of hydrogen-bond donors (Lipinski definition) is 2. The van der Waals surface area contributed by atoms with Crippen molar-refractivity contribution in [2.45, 2.75) is 40.2 Å². The average Bonchev–Trinajstić information content (AvgIpc) is 2.52. The normalized spacial score (nSPS) is 13.1. The van der Waals surface area contributed by atoms with Crippen LogP contribution in [0.5, 0.6) is 0 Å². The largest absolute Gasteiger partial charge is 0.500 e. The summed E-state index contributed by atoms with van der Waals surface area (Å²) in [5.74, 6) is -0.539. The van der Waals surface area contributed by atoms with Crippen LogP contribution in [0.15, 0.2) is 0 Å². The number of carbonyl (C=O) groups excluding carboxylic acids is 1. The Bertz CT molecular complexity index is 289. The number of rotatable bonds is 15. The van der Waals surface area contributed by atoms with Gasteiger partial charge in [0, 0.05) is 32.4 Å². The van der Waals surface area contributed by atoms with Gasteiger partial charge in [-0.15, -0.1) is 0 Å². The Balaban J connectivity index is 4.07. The summed E-state index contributed by atoms with van der Waals surface area (Å²) in [7, 11) is -2.57. The molecule has 1 unspecified atom stereocenters. The molecule has 0 aliphatic heterocycles. The Morgan fingerprint density at radius 2 is 1.70 bits per heavy atom. The number of aliphatic hydroxyl groups excluding tert-OH is 1. The topological polar surface area (TPSA) is 86.3 Å². The van der Waals surface area contributed by atoms with E-state index in [4.69, 9.17) is 23.1 Å². The molecule has 0 saturated carbocycles. The van der Waals surface area contributed by atoms with Crippen molar-refractivity contribution in [1.82, 2.24) is 5.32 Å². The van der Waals surface area contributed by atoms with Crippen LogP contribution in [0.1, 0.15) is 34.1 Å². The van der Waals surface area contributed by atoms with Crippen LogP contribution < -0.4 is 5.32 Å². The first-order chi connectivity index (χ1) is 11.0. The highest BCUT2D eigenvalue weighted by molar-refractivity contribution is 6.60. The quantitative estimate of drug-likeness (QED) is 0.260. The lowest BCUT2D eigenvalue weighted by Crippen LogP contribution is -2.46. The molecule has 0 aliphatic rings. The summed E-state index contributed by atoms with van der Waals surface area (Å²) in [6.07, 6.45) is 0.852. The van der Waals surface area contributed by atoms with Gasteiger partial charge in [0.1, 0.15) is 6.61 Å². The molecule has 0 bridgehead atoms. The van der Waals surface area contributed by atoms with Gasteiger partial charge in [-0.05, 0) is 33.7 Å². The Morgan fingerprint density at radius 3 is 2.17 bits per heavy atom. The fourth-order valence-corrected chi connectivity index (χ4v) is 4.73. The van der Waals surface area contributed by atoms with E-state index in [-0.39, 0.29) is 25.1 Å². The summed E-state index contributed by atoms with van der Waals surface area (Å²) >= 11 is 0. The van der Waals surface area contributed by atoms with E-state index in [0.29, 0.717) is 26.4 Å². The number of ether oxygens (including phenoxy) is 1. The van der Waals surface area contributed by atoms with E-state index in [1.807, 2.05) is 20.8 Å². The fourth-order valence-electron chi connectivity index (χ4n) is 2.12. The predicted molar refractivity (Wildman–Crippen MR) is 90.1 cm³/mol. The van der Waals surface area contributed by atoms with Gasteiger partial charge in [-0.25, -0.2) is 0 Å². The van der Waals surface area contributed by atoms with E-state index >= 15 is 0 Å². The van der Waals surface area contributed by atoms with Gasteiger partial charge in [0.05, 0.1) is 12.5 Å². The minimum absolute atomic E-state index is 0.0500. The van der Waals surface area contributed by atoms with E-state index < -0.39 is 8.80 Å². The van der Waals surface area contributed by atoms with Crippen molar-refractivity contribution in [3.8, 4) is 0 Å². The number of hydrogen-bond acceptors (Lipinski definition) is 7. The highest BCUT2D eigenvalue weighted by atomic mass is 28.4. The molecular weight excluding hydrogens is 318 g/mol. The van der Waals surface area contributed by atoms with Crippen LogP contribution in [-0.4, -0.2) is 66.0 Å². The molecule has 0 saturated heterocycles. The maximum Gasteiger partial charge on any atom is 0.500 e. The van der Waals surface area contributed by atoms with Crippen molar-refractivity contribution < 1.29 is 27.9 Å². The molecule has 0 aromatic carbocycles. The van der Waals surface area contributed by atoms with Gasteiger partial charge in [0.2, 0.25) is 0 Å². The Morgan fingerprint density at radius 1 is 1.13 bits per heavy atom. The Hall–Kier alpha value is -0.513. The molecule has 2 N–H and O–H groups in total. The third-order valence-electron chi connectivity index (χ3n) is 3.12. The van der Waals surface area contributed by atoms with Crippen LogP contribution in [0.25, 0.3) is 0 Å². The second-order valence-electron chi connectivity index (χ2n) is 5.08. The van der Waals surface area contributed by atoms with Crippen LogP contribution in [0.4, 0.5) is 0 Å². The highest BCUT2D eigenvalue weighted by Crippen LogP contribution is 2.17. The molecule has 0 rings (SSSR count). The van der Waals surface area contributed by atoms with Crippen molar-refractivity contribution in [3.63, 3.8) is 0 Å². The molecule has 23 heavy (non-hydrogen) atoms. The maximum atomic E-state index is 11.6. The smallest absolute Gasteiger partial charge is 0.463 e. The first-order valence-corrected chi connectivity index (χ1v) is 10.4. The van der Waals surface area contributed by atoms with Gasteiger partial charge in [-0.1, -0.05) is 6.92 Å². The fraction of sp³-hybridized carbons (Fsp3) is 0.933. The SMILES string of the molecule is CCO[Si](CCCNCC(C)C(=O)OCCO)(OCC)OCC. The minimum Gasteiger partial charge on any atom is -0.463 e. The van der Waals surface area contributed by atoms with Gasteiger partial charge in [-0.2, -0.15) is 0 Å². The molecule has 138 valence electrons. The lowest BCUT2D eigenvalue weighted by molar-refractivity contribution is -0.148. The van der Waals surface area contributed by atoms with E-state index in [1.165, 1.54) is 0 Å². The number of nitrogens with one attached hydrogen (secondary N) is 1. The molecule has 0 aromatic heterocycles. The predicted octanol–water partition coefficient (Wildman–Crippen LogP) is 1.19. The van der Waals surface area contributed by atoms with Crippen LogP contribution >= 0.6 is 0 Å². The summed E-state index contributed by atoms with van der Waals surface area (Å²) in [6.45, 7) is 10.5. The van der Waals surface area contributed by atoms with Crippen molar-refractivity contribution >= 4 is 14.8 Å². The second kappa shape index (κ2) is 13.9. The van der Waals surface area contributed by atoms with E-state index in [0.717, 1.165) is 19.0 Å². The molecule has 0 heterocycles. The lowest BCUT2D eigenvalue weighted by atomic mass is 10.2. The first kappa shape index (κ1) is 22.5. The van der Waals surface area contributed by atoms with Crippen LogP contribution in [0, 0.1) is 5.92 Å². The van der Waals surface area contributed by atoms with Crippen molar-refractivity contribution in [1.29, 1.82) is 0 Å². The van der Waals surface area contributed by atoms with E-state index in [2.05, 4.69) is 5.32 Å². The molecule has 0 amide bonds. The van der Waals surface area contributed by atoms with Crippen LogP contribution in [0.2, 0.25) is 6.04 Å².